The van der Waals surface area contributed by atoms with Gasteiger partial charge in [-0.25, -0.2) is 4.79 Å². The van der Waals surface area contributed by atoms with Gasteiger partial charge in [-0.1, -0.05) is 0 Å². The summed E-state index contributed by atoms with van der Waals surface area (Å²) in [5.41, 5.74) is 1.05. The molecule has 2 N–H and O–H groups in total. The largest absolute Gasteiger partial charge is 0.444 e. The van der Waals surface area contributed by atoms with Gasteiger partial charge in [0, 0.05) is 17.5 Å². The van der Waals surface area contributed by atoms with Crippen molar-refractivity contribution < 1.29 is 9.53 Å². The highest BCUT2D eigenvalue weighted by molar-refractivity contribution is 14.1. The number of hydrogen-bond acceptors (Lipinski definition) is 4. The van der Waals surface area contributed by atoms with Gasteiger partial charge in [-0.3, -0.25) is 0 Å². The smallest absolute Gasteiger partial charge is 0.407 e. The number of nitrogens with one attached hydrogen (secondary N) is 2. The Kier molecular flexibility index (Phi) is 6.52. The van der Waals surface area contributed by atoms with Crippen molar-refractivity contribution in [2.75, 3.05) is 13.1 Å². The molecule has 0 aliphatic heterocycles. The molecule has 1 aliphatic rings. The molecule has 124 valence electrons. The summed E-state index contributed by atoms with van der Waals surface area (Å²) in [5, 5.41) is 6.42. The van der Waals surface area contributed by atoms with E-state index in [1.54, 1.807) is 4.88 Å². The minimum absolute atomic E-state index is 0.333. The van der Waals surface area contributed by atoms with Gasteiger partial charge in [0.25, 0.3) is 0 Å². The van der Waals surface area contributed by atoms with Crippen LogP contribution in [0, 0.1) is 2.88 Å². The Bertz CT molecular complexity index is 511. The van der Waals surface area contributed by atoms with Gasteiger partial charge in [-0.2, -0.15) is 0 Å². The van der Waals surface area contributed by atoms with E-state index in [2.05, 4.69) is 39.3 Å². The predicted molar refractivity (Wildman–Crippen MR) is 99.6 cm³/mol. The van der Waals surface area contributed by atoms with E-state index in [4.69, 9.17) is 4.74 Å². The van der Waals surface area contributed by atoms with Crippen LogP contribution in [-0.2, 0) is 11.2 Å². The van der Waals surface area contributed by atoms with E-state index in [-0.39, 0.29) is 6.09 Å². The van der Waals surface area contributed by atoms with Crippen molar-refractivity contribution >= 4 is 40.0 Å². The lowest BCUT2D eigenvalue weighted by Crippen LogP contribution is -2.34. The third kappa shape index (κ3) is 5.70. The molecule has 0 saturated heterocycles. The van der Waals surface area contributed by atoms with E-state index in [0.29, 0.717) is 12.6 Å². The van der Waals surface area contributed by atoms with Gasteiger partial charge in [-0.15, -0.1) is 11.3 Å². The molecule has 0 radical (unpaired) electrons. The highest BCUT2D eigenvalue weighted by Gasteiger charge is 2.22. The first-order chi connectivity index (χ1) is 10.3. The first-order valence-corrected chi connectivity index (χ1v) is 9.73. The number of carbonyl (C=O) groups excluding carboxylic acids is 1. The number of fused-ring (bicyclic) bond motifs is 1. The average molecular weight is 436 g/mol. The van der Waals surface area contributed by atoms with Gasteiger partial charge in [0.05, 0.1) is 2.88 Å². The number of halogens is 1. The van der Waals surface area contributed by atoms with Crippen molar-refractivity contribution in [3.05, 3.63) is 19.4 Å². The Labute approximate surface area is 150 Å². The van der Waals surface area contributed by atoms with E-state index < -0.39 is 5.60 Å². The number of amides is 1. The lowest BCUT2D eigenvalue weighted by molar-refractivity contribution is 0.0527. The third-order valence-electron chi connectivity index (χ3n) is 3.50. The van der Waals surface area contributed by atoms with E-state index in [1.165, 1.54) is 27.7 Å². The van der Waals surface area contributed by atoms with Crippen LogP contribution in [0.5, 0.6) is 0 Å². The zero-order valence-electron chi connectivity index (χ0n) is 13.5. The predicted octanol–water partition coefficient (Wildman–Crippen LogP) is 4.23. The molecule has 4 nitrogen and oxygen atoms in total. The monoisotopic (exact) mass is 436 g/mol. The number of carbonyl (C=O) groups is 1. The van der Waals surface area contributed by atoms with Crippen LogP contribution in [0.2, 0.25) is 0 Å². The summed E-state index contributed by atoms with van der Waals surface area (Å²) in [5.74, 6) is 0. The minimum Gasteiger partial charge on any atom is -0.444 e. The molecule has 2 rings (SSSR count). The van der Waals surface area contributed by atoms with Gasteiger partial charge in [0.2, 0.25) is 0 Å². The summed E-state index contributed by atoms with van der Waals surface area (Å²) in [7, 11) is 0. The standard InChI is InChI=1S/C16H25IN2O2S/c1-16(2,3)21-15(20)19-9-5-8-18-12-6-4-7-13-11(12)10-14(17)22-13/h10,12,18H,4-9H2,1-3H3,(H,19,20). The molecule has 22 heavy (non-hydrogen) atoms. The molecule has 0 fully saturated rings. The average Bonchev–Trinajstić information content (AvgIpc) is 2.77. The van der Waals surface area contributed by atoms with Crippen LogP contribution in [0.1, 0.15) is 56.5 Å². The van der Waals surface area contributed by atoms with Gasteiger partial charge < -0.3 is 15.4 Å². The second kappa shape index (κ2) is 7.97. The van der Waals surface area contributed by atoms with Crippen molar-refractivity contribution in [2.45, 2.75) is 58.1 Å². The Morgan fingerprint density at radius 1 is 1.45 bits per heavy atom. The van der Waals surface area contributed by atoms with Crippen molar-refractivity contribution in [3.8, 4) is 0 Å². The van der Waals surface area contributed by atoms with Crippen LogP contribution < -0.4 is 10.6 Å². The van der Waals surface area contributed by atoms with Crippen LogP contribution in [0.15, 0.2) is 6.07 Å². The molecule has 1 atom stereocenters. The Hall–Kier alpha value is -0.340. The second-order valence-electron chi connectivity index (χ2n) is 6.61. The number of aryl methyl sites for hydroxylation is 1. The molecule has 1 aromatic heterocycles. The van der Waals surface area contributed by atoms with Crippen LogP contribution >= 0.6 is 33.9 Å². The van der Waals surface area contributed by atoms with E-state index in [0.717, 1.165) is 13.0 Å². The molecule has 1 amide bonds. The van der Waals surface area contributed by atoms with Gasteiger partial charge >= 0.3 is 6.09 Å². The molecule has 1 heterocycles. The molecule has 0 bridgehead atoms. The number of thiophene rings is 1. The number of ether oxygens (including phenoxy) is 1. The molecular weight excluding hydrogens is 411 g/mol. The van der Waals surface area contributed by atoms with Crippen molar-refractivity contribution in [3.63, 3.8) is 0 Å². The number of hydrogen-bond donors (Lipinski definition) is 2. The summed E-state index contributed by atoms with van der Waals surface area (Å²) in [6, 6.07) is 2.79. The van der Waals surface area contributed by atoms with E-state index >= 15 is 0 Å². The Morgan fingerprint density at radius 2 is 2.23 bits per heavy atom. The van der Waals surface area contributed by atoms with Gasteiger partial charge in [-0.05, 0) is 87.2 Å². The van der Waals surface area contributed by atoms with Crippen LogP contribution in [0.25, 0.3) is 0 Å². The van der Waals surface area contributed by atoms with Gasteiger partial charge in [0.1, 0.15) is 5.60 Å². The Balaban J connectivity index is 1.67. The minimum atomic E-state index is -0.434. The second-order valence-corrected chi connectivity index (χ2v) is 9.64. The highest BCUT2D eigenvalue weighted by Crippen LogP contribution is 2.36. The lowest BCUT2D eigenvalue weighted by atomic mass is 9.94. The third-order valence-corrected chi connectivity index (χ3v) is 5.47. The molecule has 1 aliphatic carbocycles. The zero-order chi connectivity index (χ0) is 16.2. The summed E-state index contributed by atoms with van der Waals surface area (Å²) in [4.78, 5) is 13.1. The fourth-order valence-corrected chi connectivity index (χ4v) is 4.72. The first kappa shape index (κ1) is 18.0. The maximum Gasteiger partial charge on any atom is 0.407 e. The molecule has 1 aromatic rings. The molecule has 6 heteroatoms. The number of rotatable bonds is 5. The maximum atomic E-state index is 11.5. The Morgan fingerprint density at radius 3 is 2.95 bits per heavy atom. The quantitative estimate of drug-likeness (QED) is 0.537. The van der Waals surface area contributed by atoms with E-state index in [9.17, 15) is 4.79 Å². The molecule has 0 aromatic carbocycles. The van der Waals surface area contributed by atoms with Crippen molar-refractivity contribution in [1.82, 2.24) is 10.6 Å². The topological polar surface area (TPSA) is 50.4 Å². The highest BCUT2D eigenvalue weighted by atomic mass is 127. The fourth-order valence-electron chi connectivity index (χ4n) is 2.60. The molecular formula is C16H25IN2O2S. The zero-order valence-corrected chi connectivity index (χ0v) is 16.5. The van der Waals surface area contributed by atoms with Gasteiger partial charge in [0.15, 0.2) is 0 Å². The number of alkyl carbamates (subject to hydrolysis) is 1. The van der Waals surface area contributed by atoms with Crippen molar-refractivity contribution in [2.24, 2.45) is 0 Å². The fraction of sp³-hybridized carbons (Fsp3) is 0.688. The summed E-state index contributed by atoms with van der Waals surface area (Å²) < 4.78 is 6.59. The molecule has 0 saturated carbocycles. The first-order valence-electron chi connectivity index (χ1n) is 7.83. The van der Waals surface area contributed by atoms with Crippen LogP contribution in [-0.4, -0.2) is 24.8 Å². The van der Waals surface area contributed by atoms with Crippen LogP contribution in [0.3, 0.4) is 0 Å². The molecule has 1 unspecified atom stereocenters. The lowest BCUT2D eigenvalue weighted by Gasteiger charge is -2.24. The van der Waals surface area contributed by atoms with Crippen LogP contribution in [0.4, 0.5) is 4.79 Å². The van der Waals surface area contributed by atoms with Crippen molar-refractivity contribution in [1.29, 1.82) is 0 Å². The maximum absolute atomic E-state index is 11.5. The summed E-state index contributed by atoms with van der Waals surface area (Å²) in [6.45, 7) is 7.17. The summed E-state index contributed by atoms with van der Waals surface area (Å²) in [6.07, 6.45) is 4.27. The summed E-state index contributed by atoms with van der Waals surface area (Å²) >= 11 is 4.33. The van der Waals surface area contributed by atoms with E-state index in [1.807, 2.05) is 32.1 Å². The SMILES string of the molecule is CC(C)(C)OC(=O)NCCCNC1CCCc2sc(I)cc21. The molecule has 0 spiro atoms. The normalized spacial score (nSPS) is 17.9.